The van der Waals surface area contributed by atoms with Gasteiger partial charge in [0.05, 0.1) is 19.8 Å². The monoisotopic (exact) mass is 486 g/mol. The average molecular weight is 487 g/mol. The van der Waals surface area contributed by atoms with Gasteiger partial charge in [0.25, 0.3) is 0 Å². The molecule has 0 aromatic heterocycles. The topological polar surface area (TPSA) is 55.8 Å². The van der Waals surface area contributed by atoms with Gasteiger partial charge in [-0.05, 0) is 109 Å². The molecule has 2 bridgehead atoms. The quantitative estimate of drug-likeness (QED) is 0.436. The predicted molar refractivity (Wildman–Crippen MR) is 137 cm³/mol. The first-order valence-corrected chi connectivity index (χ1v) is 14.6. The summed E-state index contributed by atoms with van der Waals surface area (Å²) in [4.78, 5) is 13.0. The van der Waals surface area contributed by atoms with Gasteiger partial charge in [-0.25, -0.2) is 4.79 Å². The van der Waals surface area contributed by atoms with E-state index in [1.165, 1.54) is 52.1 Å². The molecule has 1 saturated heterocycles. The van der Waals surface area contributed by atoms with E-state index < -0.39 is 17.0 Å². The van der Waals surface area contributed by atoms with Crippen LogP contribution in [0.2, 0.25) is 0 Å². The molecule has 1 heterocycles. The summed E-state index contributed by atoms with van der Waals surface area (Å²) in [6.07, 6.45) is 11.0. The number of carbonyl (C=O) groups excluding carboxylic acids is 1. The lowest BCUT2D eigenvalue weighted by atomic mass is 9.33. The van der Waals surface area contributed by atoms with Gasteiger partial charge < -0.3 is 14.6 Å². The second-order valence-electron chi connectivity index (χ2n) is 16.0. The molecule has 1 N–H and O–H groups in total. The van der Waals surface area contributed by atoms with Crippen molar-refractivity contribution >= 4 is 5.97 Å². The Balaban J connectivity index is 1.40. The summed E-state index contributed by atoms with van der Waals surface area (Å²) >= 11 is 0. The molecule has 6 fully saturated rings. The maximum atomic E-state index is 13.0. The molecular formula is C31H50O4. The third-order valence-corrected chi connectivity index (χ3v) is 14.5. The average Bonchev–Trinajstić information content (AvgIpc) is 3.20. The number of carbonyl (C=O) groups is 1. The van der Waals surface area contributed by atoms with E-state index in [4.69, 9.17) is 9.47 Å². The molecule has 1 aliphatic heterocycles. The molecule has 0 amide bonds. The number of fused-ring (bicyclic) bond motifs is 5. The van der Waals surface area contributed by atoms with Crippen LogP contribution in [0.5, 0.6) is 0 Å². The summed E-state index contributed by atoms with van der Waals surface area (Å²) in [5, 5.41) is 11.9. The fraction of sp³-hybridized carbons (Fsp3) is 0.968. The molecule has 35 heavy (non-hydrogen) atoms. The zero-order chi connectivity index (χ0) is 25.4. The molecule has 198 valence electrons. The van der Waals surface area contributed by atoms with E-state index in [1.54, 1.807) is 0 Å². The van der Waals surface area contributed by atoms with Gasteiger partial charge in [-0.2, -0.15) is 0 Å². The molecule has 0 spiro atoms. The Labute approximate surface area is 213 Å². The Hall–Kier alpha value is -0.610. The first kappa shape index (κ1) is 24.7. The molecule has 4 heteroatoms. The number of methoxy groups -OCH3 is 1. The highest BCUT2D eigenvalue weighted by Crippen LogP contribution is 2.79. The smallest absolute Gasteiger partial charge is 0.338 e. The van der Waals surface area contributed by atoms with Crippen LogP contribution in [0, 0.1) is 56.2 Å². The lowest BCUT2D eigenvalue weighted by Crippen LogP contribution is -2.65. The van der Waals surface area contributed by atoms with Crippen LogP contribution in [-0.2, 0) is 14.3 Å². The van der Waals surface area contributed by atoms with E-state index in [2.05, 4.69) is 48.5 Å². The molecule has 0 unspecified atom stereocenters. The minimum Gasteiger partial charge on any atom is -0.467 e. The highest BCUT2D eigenvalue weighted by atomic mass is 16.5. The van der Waals surface area contributed by atoms with Crippen LogP contribution in [0.15, 0.2) is 0 Å². The van der Waals surface area contributed by atoms with E-state index in [0.29, 0.717) is 35.7 Å². The molecule has 6 aliphatic rings. The second-order valence-corrected chi connectivity index (χ2v) is 16.0. The normalized spacial score (nSPS) is 57.5. The summed E-state index contributed by atoms with van der Waals surface area (Å²) in [6, 6.07) is 0. The van der Waals surface area contributed by atoms with Crippen LogP contribution < -0.4 is 0 Å². The lowest BCUT2D eigenvalue weighted by Gasteiger charge is -2.71. The van der Waals surface area contributed by atoms with Crippen molar-refractivity contribution in [2.45, 2.75) is 118 Å². The minimum absolute atomic E-state index is 0.0517. The summed E-state index contributed by atoms with van der Waals surface area (Å²) in [7, 11) is 1.43. The van der Waals surface area contributed by atoms with Crippen LogP contribution >= 0.6 is 0 Å². The molecular weight excluding hydrogens is 436 g/mol. The molecule has 10 atom stereocenters. The van der Waals surface area contributed by atoms with Crippen molar-refractivity contribution in [3.05, 3.63) is 0 Å². The molecule has 6 rings (SSSR count). The largest absolute Gasteiger partial charge is 0.467 e. The predicted octanol–water partition coefficient (Wildman–Crippen LogP) is 6.39. The lowest BCUT2D eigenvalue weighted by molar-refractivity contribution is -0.226. The SMILES string of the molecule is COC(=O)[C@]1(O)C[C@]2(C)[C@H]3CC[C@@H]4[C@H]5[C@H]6OC[C@@]5(CCC6(C)C)CC[C@@]4(C)[C@]3(C)CC[C@H]2C1(C)C. The molecule has 5 aliphatic carbocycles. The van der Waals surface area contributed by atoms with Crippen molar-refractivity contribution in [3.63, 3.8) is 0 Å². The van der Waals surface area contributed by atoms with Gasteiger partial charge in [-0.1, -0.05) is 48.5 Å². The van der Waals surface area contributed by atoms with Crippen molar-refractivity contribution in [2.75, 3.05) is 13.7 Å². The molecule has 5 saturated carbocycles. The van der Waals surface area contributed by atoms with Crippen molar-refractivity contribution in [3.8, 4) is 0 Å². The van der Waals surface area contributed by atoms with E-state index >= 15 is 0 Å². The number of hydrogen-bond donors (Lipinski definition) is 1. The van der Waals surface area contributed by atoms with Gasteiger partial charge >= 0.3 is 5.97 Å². The van der Waals surface area contributed by atoms with Gasteiger partial charge in [0.2, 0.25) is 0 Å². The maximum absolute atomic E-state index is 13.0. The fourth-order valence-electron chi connectivity index (χ4n) is 12.3. The summed E-state index contributed by atoms with van der Waals surface area (Å²) in [5.74, 6) is 1.84. The maximum Gasteiger partial charge on any atom is 0.338 e. The zero-order valence-corrected chi connectivity index (χ0v) is 23.6. The Morgan fingerprint density at radius 3 is 2.23 bits per heavy atom. The molecule has 0 aromatic rings. The first-order valence-electron chi connectivity index (χ1n) is 14.6. The first-order chi connectivity index (χ1) is 16.1. The summed E-state index contributed by atoms with van der Waals surface area (Å²) in [5.41, 5.74) is -0.739. The van der Waals surface area contributed by atoms with E-state index in [0.717, 1.165) is 18.9 Å². The highest BCUT2D eigenvalue weighted by molar-refractivity contribution is 5.81. The van der Waals surface area contributed by atoms with Crippen LogP contribution in [0.25, 0.3) is 0 Å². The van der Waals surface area contributed by atoms with Crippen molar-refractivity contribution in [1.29, 1.82) is 0 Å². The second kappa shape index (κ2) is 6.87. The molecule has 0 aromatic carbocycles. The third-order valence-electron chi connectivity index (χ3n) is 14.5. The Morgan fingerprint density at radius 2 is 1.54 bits per heavy atom. The summed E-state index contributed by atoms with van der Waals surface area (Å²) < 4.78 is 11.9. The minimum atomic E-state index is -1.40. The Bertz CT molecular complexity index is 940. The van der Waals surface area contributed by atoms with Gasteiger partial charge in [0, 0.05) is 5.41 Å². The highest BCUT2D eigenvalue weighted by Gasteiger charge is 2.76. The summed E-state index contributed by atoms with van der Waals surface area (Å²) in [6.45, 7) is 17.8. The number of ether oxygens (including phenoxy) is 2. The number of hydrogen-bond acceptors (Lipinski definition) is 4. The van der Waals surface area contributed by atoms with Crippen LogP contribution in [0.4, 0.5) is 0 Å². The van der Waals surface area contributed by atoms with Gasteiger partial charge in [0.1, 0.15) is 0 Å². The zero-order valence-electron chi connectivity index (χ0n) is 23.6. The molecule has 0 radical (unpaired) electrons. The van der Waals surface area contributed by atoms with Crippen LogP contribution in [0.3, 0.4) is 0 Å². The third kappa shape index (κ3) is 2.60. The van der Waals surface area contributed by atoms with E-state index in [1.807, 2.05) is 0 Å². The Kier molecular flexibility index (Phi) is 4.85. The van der Waals surface area contributed by atoms with Crippen molar-refractivity contribution < 1.29 is 19.4 Å². The van der Waals surface area contributed by atoms with Gasteiger partial charge in [0.15, 0.2) is 5.60 Å². The Morgan fingerprint density at radius 1 is 0.857 bits per heavy atom. The van der Waals surface area contributed by atoms with E-state index in [-0.39, 0.29) is 21.7 Å². The van der Waals surface area contributed by atoms with Gasteiger partial charge in [-0.15, -0.1) is 0 Å². The number of rotatable bonds is 1. The fourth-order valence-corrected chi connectivity index (χ4v) is 12.3. The van der Waals surface area contributed by atoms with E-state index in [9.17, 15) is 9.90 Å². The van der Waals surface area contributed by atoms with Crippen molar-refractivity contribution in [1.82, 2.24) is 0 Å². The van der Waals surface area contributed by atoms with Crippen molar-refractivity contribution in [2.24, 2.45) is 56.2 Å². The standard InChI is InChI=1S/C31H50O4/c1-25(2)13-15-30-16-14-28(6)19(22(30)23(25)35-18-30)9-10-21-27(5)17-31(33,24(32)34-8)26(3,4)20(27)11-12-29(21,28)7/h19-23,33H,9-18H2,1-8H3/t19-,20+,21-,22+,23-,27+,28-,29-,30-,31-/m1/s1. The van der Waals surface area contributed by atoms with Gasteiger partial charge in [-0.3, -0.25) is 0 Å². The number of aliphatic hydroxyl groups is 1. The molecule has 4 nitrogen and oxygen atoms in total. The number of esters is 1. The van der Waals surface area contributed by atoms with Crippen LogP contribution in [-0.4, -0.2) is 36.5 Å². The van der Waals surface area contributed by atoms with Crippen LogP contribution in [0.1, 0.15) is 106 Å².